The minimum Gasteiger partial charge on any atom is -0.445 e. The Labute approximate surface area is 156 Å². The largest absolute Gasteiger partial charge is 0.445 e. The lowest BCUT2D eigenvalue weighted by atomic mass is 9.89. The van der Waals surface area contributed by atoms with Gasteiger partial charge in [-0.15, -0.1) is 0 Å². The molecule has 6 heteroatoms. The zero-order valence-electron chi connectivity index (χ0n) is 14.7. The summed E-state index contributed by atoms with van der Waals surface area (Å²) in [6.07, 6.45) is 3.26. The van der Waals surface area contributed by atoms with Crippen molar-refractivity contribution in [3.63, 3.8) is 0 Å². The van der Waals surface area contributed by atoms with E-state index in [0.717, 1.165) is 11.1 Å². The van der Waals surface area contributed by atoms with Crippen LogP contribution in [0.15, 0.2) is 67.1 Å². The first-order valence-electron chi connectivity index (χ1n) is 8.55. The monoisotopic (exact) mass is 359 g/mol. The maximum atomic E-state index is 13.0. The average Bonchev–Trinajstić information content (AvgIpc) is 2.69. The van der Waals surface area contributed by atoms with Crippen molar-refractivity contribution in [2.24, 2.45) is 0 Å². The Morgan fingerprint density at radius 3 is 2.67 bits per heavy atom. The summed E-state index contributed by atoms with van der Waals surface area (Å²) in [5.74, 6) is -0.917. The second-order valence-corrected chi connectivity index (χ2v) is 6.56. The van der Waals surface area contributed by atoms with E-state index in [9.17, 15) is 9.59 Å². The van der Waals surface area contributed by atoms with Crippen molar-refractivity contribution >= 4 is 17.6 Å². The van der Waals surface area contributed by atoms with Gasteiger partial charge in [-0.3, -0.25) is 4.79 Å². The highest BCUT2D eigenvalue weighted by Crippen LogP contribution is 2.31. The molecule has 1 aliphatic rings. The molecule has 0 aliphatic carbocycles. The van der Waals surface area contributed by atoms with Gasteiger partial charge in [-0.05, 0) is 18.6 Å². The third kappa shape index (κ3) is 3.17. The normalized spacial score (nSPS) is 18.3. The predicted molar refractivity (Wildman–Crippen MR) is 100 cm³/mol. The van der Waals surface area contributed by atoms with Gasteiger partial charge in [-0.2, -0.15) is 0 Å². The Morgan fingerprint density at radius 1 is 1.11 bits per heavy atom. The quantitative estimate of drug-likeness (QED) is 0.726. The number of amides is 1. The standard InChI is InChI=1S/C21H17N3O3/c1-21(11-15-9-5-6-10-16(15)19(25)27-21)20(26)24-17-12-22-13-23-18(17)14-7-3-2-4-8-14/h2-10,12-13H,11H2,1H3,(H,24,26)/t21-/m1/s1. The molecule has 134 valence electrons. The first-order valence-corrected chi connectivity index (χ1v) is 8.55. The highest BCUT2D eigenvalue weighted by molar-refractivity contribution is 6.03. The van der Waals surface area contributed by atoms with Crippen LogP contribution >= 0.6 is 0 Å². The van der Waals surface area contributed by atoms with Crippen molar-refractivity contribution in [3.05, 3.63) is 78.2 Å². The highest BCUT2D eigenvalue weighted by Gasteiger charge is 2.42. The van der Waals surface area contributed by atoms with Gasteiger partial charge in [0.15, 0.2) is 5.60 Å². The molecule has 0 fully saturated rings. The number of hydrogen-bond acceptors (Lipinski definition) is 5. The third-order valence-electron chi connectivity index (χ3n) is 4.57. The topological polar surface area (TPSA) is 81.2 Å². The number of carbonyl (C=O) groups excluding carboxylic acids is 2. The third-order valence-corrected chi connectivity index (χ3v) is 4.57. The highest BCUT2D eigenvalue weighted by atomic mass is 16.6. The molecule has 0 saturated heterocycles. The smallest absolute Gasteiger partial charge is 0.339 e. The number of benzene rings is 2. The molecule has 4 rings (SSSR count). The van der Waals surface area contributed by atoms with Gasteiger partial charge in [0, 0.05) is 12.0 Å². The minimum absolute atomic E-state index is 0.301. The van der Waals surface area contributed by atoms with Crippen LogP contribution in [0.3, 0.4) is 0 Å². The van der Waals surface area contributed by atoms with Crippen molar-refractivity contribution in [3.8, 4) is 11.3 Å². The van der Waals surface area contributed by atoms with Crippen molar-refractivity contribution in [1.29, 1.82) is 0 Å². The molecule has 0 bridgehead atoms. The minimum atomic E-state index is -1.31. The van der Waals surface area contributed by atoms with E-state index in [0.29, 0.717) is 23.4 Å². The number of cyclic esters (lactones) is 1. The Bertz CT molecular complexity index is 1020. The van der Waals surface area contributed by atoms with Crippen LogP contribution in [0.25, 0.3) is 11.3 Å². The summed E-state index contributed by atoms with van der Waals surface area (Å²) < 4.78 is 5.49. The Kier molecular flexibility index (Phi) is 4.16. The van der Waals surface area contributed by atoms with Crippen LogP contribution in [0.4, 0.5) is 5.69 Å². The van der Waals surface area contributed by atoms with Crippen LogP contribution < -0.4 is 5.32 Å². The van der Waals surface area contributed by atoms with Crippen LogP contribution in [-0.2, 0) is 16.0 Å². The molecule has 0 spiro atoms. The summed E-state index contributed by atoms with van der Waals surface area (Å²) in [6, 6.07) is 16.6. The number of aromatic nitrogens is 2. The van der Waals surface area contributed by atoms with E-state index in [-0.39, 0.29) is 0 Å². The zero-order valence-corrected chi connectivity index (χ0v) is 14.7. The van der Waals surface area contributed by atoms with Crippen LogP contribution in [0.1, 0.15) is 22.8 Å². The van der Waals surface area contributed by atoms with Gasteiger partial charge in [0.2, 0.25) is 0 Å². The van der Waals surface area contributed by atoms with Crippen LogP contribution in [0.5, 0.6) is 0 Å². The second-order valence-electron chi connectivity index (χ2n) is 6.56. The number of esters is 1. The van der Waals surface area contributed by atoms with Gasteiger partial charge in [-0.1, -0.05) is 48.5 Å². The van der Waals surface area contributed by atoms with E-state index in [1.54, 1.807) is 19.1 Å². The lowest BCUT2D eigenvalue weighted by Gasteiger charge is -2.33. The molecule has 6 nitrogen and oxygen atoms in total. The lowest BCUT2D eigenvalue weighted by molar-refractivity contribution is -0.134. The number of hydrogen-bond donors (Lipinski definition) is 1. The molecular weight excluding hydrogens is 342 g/mol. The van der Waals surface area contributed by atoms with E-state index in [4.69, 9.17) is 4.74 Å². The lowest BCUT2D eigenvalue weighted by Crippen LogP contribution is -2.49. The van der Waals surface area contributed by atoms with Gasteiger partial charge >= 0.3 is 5.97 Å². The molecular formula is C21H17N3O3. The van der Waals surface area contributed by atoms with Crippen molar-refractivity contribution in [1.82, 2.24) is 9.97 Å². The fourth-order valence-electron chi connectivity index (χ4n) is 3.16. The molecule has 1 atom stereocenters. The number of nitrogens with zero attached hydrogens (tertiary/aromatic N) is 2. The van der Waals surface area contributed by atoms with Crippen LogP contribution in [-0.4, -0.2) is 27.4 Å². The molecule has 0 saturated carbocycles. The number of ether oxygens (including phenoxy) is 1. The predicted octanol–water partition coefficient (Wildman–Crippen LogP) is 3.25. The van der Waals surface area contributed by atoms with E-state index < -0.39 is 17.5 Å². The molecule has 2 aromatic carbocycles. The summed E-state index contributed by atoms with van der Waals surface area (Å²) in [5.41, 5.74) is 1.89. The maximum Gasteiger partial charge on any atom is 0.339 e. The van der Waals surface area contributed by atoms with E-state index >= 15 is 0 Å². The van der Waals surface area contributed by atoms with Gasteiger partial charge in [0.05, 0.1) is 23.1 Å². The summed E-state index contributed by atoms with van der Waals surface area (Å²) in [4.78, 5) is 33.6. The molecule has 1 amide bonds. The number of carbonyl (C=O) groups is 2. The maximum absolute atomic E-state index is 13.0. The first-order chi connectivity index (χ1) is 13.1. The molecule has 27 heavy (non-hydrogen) atoms. The second kappa shape index (κ2) is 6.64. The summed E-state index contributed by atoms with van der Waals surface area (Å²) >= 11 is 0. The van der Waals surface area contributed by atoms with Crippen molar-refractivity contribution in [2.45, 2.75) is 18.9 Å². The van der Waals surface area contributed by atoms with E-state index in [1.807, 2.05) is 42.5 Å². The molecule has 3 aromatic rings. The fraction of sp³-hybridized carbons (Fsp3) is 0.143. The SMILES string of the molecule is C[C@]1(C(=O)Nc2cncnc2-c2ccccc2)Cc2ccccc2C(=O)O1. The van der Waals surface area contributed by atoms with Crippen LogP contribution in [0, 0.1) is 0 Å². The Hall–Kier alpha value is -3.54. The molecule has 1 aromatic heterocycles. The van der Waals surface area contributed by atoms with Gasteiger partial charge in [-0.25, -0.2) is 14.8 Å². The Morgan fingerprint density at radius 2 is 1.85 bits per heavy atom. The van der Waals surface area contributed by atoms with Crippen molar-refractivity contribution in [2.75, 3.05) is 5.32 Å². The van der Waals surface area contributed by atoms with Crippen LogP contribution in [0.2, 0.25) is 0 Å². The number of rotatable bonds is 3. The molecule has 2 heterocycles. The number of nitrogens with one attached hydrogen (secondary N) is 1. The summed E-state index contributed by atoms with van der Waals surface area (Å²) in [5, 5.41) is 2.83. The van der Waals surface area contributed by atoms with Gasteiger partial charge in [0.25, 0.3) is 5.91 Å². The molecule has 1 N–H and O–H groups in total. The van der Waals surface area contributed by atoms with Gasteiger partial charge in [0.1, 0.15) is 6.33 Å². The van der Waals surface area contributed by atoms with E-state index in [1.165, 1.54) is 12.5 Å². The number of fused-ring (bicyclic) bond motifs is 1. The first kappa shape index (κ1) is 16.9. The molecule has 1 aliphatic heterocycles. The van der Waals surface area contributed by atoms with Gasteiger partial charge < -0.3 is 10.1 Å². The Balaban J connectivity index is 1.63. The average molecular weight is 359 g/mol. The fourth-order valence-corrected chi connectivity index (χ4v) is 3.16. The number of anilines is 1. The van der Waals surface area contributed by atoms with Crippen molar-refractivity contribution < 1.29 is 14.3 Å². The summed E-state index contributed by atoms with van der Waals surface area (Å²) in [7, 11) is 0. The summed E-state index contributed by atoms with van der Waals surface area (Å²) in [6.45, 7) is 1.61. The molecule has 0 radical (unpaired) electrons. The zero-order chi connectivity index (χ0) is 18.9. The molecule has 0 unspecified atom stereocenters. The van der Waals surface area contributed by atoms with E-state index in [2.05, 4.69) is 15.3 Å².